The molecule has 0 aliphatic heterocycles. The summed E-state index contributed by atoms with van der Waals surface area (Å²) in [6.07, 6.45) is 3.46. The van der Waals surface area contributed by atoms with E-state index in [2.05, 4.69) is 10.3 Å². The van der Waals surface area contributed by atoms with Gasteiger partial charge in [0.1, 0.15) is 0 Å². The van der Waals surface area contributed by atoms with Crippen molar-refractivity contribution in [2.24, 2.45) is 11.7 Å². The molecule has 0 fully saturated rings. The maximum atomic E-state index is 11.5. The molecule has 1 heterocycles. The second-order valence-corrected chi connectivity index (χ2v) is 3.65. The molecule has 0 saturated heterocycles. The van der Waals surface area contributed by atoms with Crippen molar-refractivity contribution >= 4 is 18.3 Å². The molecule has 16 heavy (non-hydrogen) atoms. The van der Waals surface area contributed by atoms with E-state index >= 15 is 0 Å². The van der Waals surface area contributed by atoms with Gasteiger partial charge in [0, 0.05) is 24.9 Å². The molecule has 90 valence electrons. The number of carbonyl (C=O) groups excluding carboxylic acids is 1. The van der Waals surface area contributed by atoms with Gasteiger partial charge < -0.3 is 11.1 Å². The molecule has 0 saturated carbocycles. The number of halogens is 1. The van der Waals surface area contributed by atoms with Crippen LogP contribution in [0.4, 0.5) is 0 Å². The number of rotatable bonds is 4. The summed E-state index contributed by atoms with van der Waals surface area (Å²) >= 11 is 0. The molecule has 0 radical (unpaired) electrons. The molecule has 5 heteroatoms. The van der Waals surface area contributed by atoms with E-state index in [9.17, 15) is 4.79 Å². The van der Waals surface area contributed by atoms with Crippen molar-refractivity contribution in [3.05, 3.63) is 30.1 Å². The minimum Gasteiger partial charge on any atom is -0.349 e. The van der Waals surface area contributed by atoms with E-state index in [0.717, 1.165) is 5.56 Å². The van der Waals surface area contributed by atoms with Gasteiger partial charge in [-0.3, -0.25) is 9.78 Å². The van der Waals surface area contributed by atoms with Gasteiger partial charge in [-0.15, -0.1) is 12.4 Å². The van der Waals surface area contributed by atoms with Crippen molar-refractivity contribution in [1.82, 2.24) is 10.3 Å². The van der Waals surface area contributed by atoms with Crippen LogP contribution in [0.2, 0.25) is 0 Å². The number of hydrogen-bond acceptors (Lipinski definition) is 3. The van der Waals surface area contributed by atoms with Crippen molar-refractivity contribution in [3.8, 4) is 0 Å². The van der Waals surface area contributed by atoms with E-state index < -0.39 is 0 Å². The van der Waals surface area contributed by atoms with Crippen LogP contribution < -0.4 is 11.1 Å². The Kier molecular flexibility index (Phi) is 6.69. The number of nitrogens with one attached hydrogen (secondary N) is 1. The molecule has 1 aromatic rings. The molecule has 1 rings (SSSR count). The first-order valence-corrected chi connectivity index (χ1v) is 5.05. The molecule has 1 amide bonds. The average molecular weight is 244 g/mol. The highest BCUT2D eigenvalue weighted by molar-refractivity contribution is 5.85. The lowest BCUT2D eigenvalue weighted by molar-refractivity contribution is -0.124. The molecular formula is C11H18ClN3O. The summed E-state index contributed by atoms with van der Waals surface area (Å²) in [5, 5.41) is 2.89. The topological polar surface area (TPSA) is 68.0 Å². The Labute approximate surface area is 102 Å². The largest absolute Gasteiger partial charge is 0.349 e. The molecular weight excluding hydrogens is 226 g/mol. The second-order valence-electron chi connectivity index (χ2n) is 3.65. The zero-order chi connectivity index (χ0) is 11.3. The summed E-state index contributed by atoms with van der Waals surface area (Å²) in [6, 6.07) is 3.76. The van der Waals surface area contributed by atoms with Crippen molar-refractivity contribution < 1.29 is 4.79 Å². The van der Waals surface area contributed by atoms with Gasteiger partial charge in [-0.2, -0.15) is 0 Å². The first kappa shape index (κ1) is 14.9. The predicted octanol–water partition coefficient (Wildman–Crippen LogP) is 1.28. The molecule has 3 N–H and O–H groups in total. The average Bonchev–Trinajstić information content (AvgIpc) is 2.29. The van der Waals surface area contributed by atoms with Gasteiger partial charge in [0.05, 0.1) is 6.04 Å². The summed E-state index contributed by atoms with van der Waals surface area (Å²) in [6.45, 7) is 4.11. The molecule has 0 aliphatic carbocycles. The highest BCUT2D eigenvalue weighted by atomic mass is 35.5. The minimum absolute atomic E-state index is 0. The summed E-state index contributed by atoms with van der Waals surface area (Å²) in [5.41, 5.74) is 6.41. The van der Waals surface area contributed by atoms with Crippen molar-refractivity contribution in [3.63, 3.8) is 0 Å². The Balaban J connectivity index is 0.00000225. The highest BCUT2D eigenvalue weighted by Crippen LogP contribution is 2.10. The monoisotopic (exact) mass is 243 g/mol. The molecule has 4 nitrogen and oxygen atoms in total. The van der Waals surface area contributed by atoms with Crippen LogP contribution in [0.5, 0.6) is 0 Å². The first-order valence-electron chi connectivity index (χ1n) is 5.05. The number of aromatic nitrogens is 1. The Hall–Kier alpha value is -1.13. The fraction of sp³-hybridized carbons (Fsp3) is 0.455. The van der Waals surface area contributed by atoms with E-state index in [4.69, 9.17) is 5.73 Å². The maximum absolute atomic E-state index is 11.5. The Morgan fingerprint density at radius 1 is 1.56 bits per heavy atom. The number of nitrogens with two attached hydrogens (primary N) is 1. The van der Waals surface area contributed by atoms with E-state index in [1.165, 1.54) is 0 Å². The zero-order valence-corrected chi connectivity index (χ0v) is 10.3. The van der Waals surface area contributed by atoms with Gasteiger partial charge in [0.15, 0.2) is 0 Å². The van der Waals surface area contributed by atoms with Crippen LogP contribution in [0.25, 0.3) is 0 Å². The molecule has 0 bridgehead atoms. The third-order valence-electron chi connectivity index (χ3n) is 2.34. The molecule has 0 spiro atoms. The minimum atomic E-state index is -0.149. The van der Waals surface area contributed by atoms with Crippen LogP contribution in [0.1, 0.15) is 25.5 Å². The standard InChI is InChI=1S/C11H17N3O.ClH/c1-8(6-12)11(15)14-9(2)10-4-3-5-13-7-10;/h3-5,7-9H,6,12H2,1-2H3,(H,14,15);1H. The van der Waals surface area contributed by atoms with Crippen LogP contribution in [-0.4, -0.2) is 17.4 Å². The van der Waals surface area contributed by atoms with E-state index in [1.54, 1.807) is 12.4 Å². The lowest BCUT2D eigenvalue weighted by atomic mass is 10.1. The fourth-order valence-corrected chi connectivity index (χ4v) is 1.18. The summed E-state index contributed by atoms with van der Waals surface area (Å²) in [5.74, 6) is -0.169. The highest BCUT2D eigenvalue weighted by Gasteiger charge is 2.14. The summed E-state index contributed by atoms with van der Waals surface area (Å²) in [7, 11) is 0. The number of hydrogen-bond donors (Lipinski definition) is 2. The van der Waals surface area contributed by atoms with E-state index in [0.29, 0.717) is 6.54 Å². The second kappa shape index (κ2) is 7.19. The normalized spacial score (nSPS) is 13.4. The predicted molar refractivity (Wildman–Crippen MR) is 66.3 cm³/mol. The molecule has 2 atom stereocenters. The van der Waals surface area contributed by atoms with Crippen LogP contribution >= 0.6 is 12.4 Å². The van der Waals surface area contributed by atoms with Crippen molar-refractivity contribution in [2.75, 3.05) is 6.54 Å². The quantitative estimate of drug-likeness (QED) is 0.837. The fourth-order valence-electron chi connectivity index (χ4n) is 1.18. The maximum Gasteiger partial charge on any atom is 0.224 e. The zero-order valence-electron chi connectivity index (χ0n) is 9.51. The smallest absolute Gasteiger partial charge is 0.224 e. The Morgan fingerprint density at radius 2 is 2.25 bits per heavy atom. The Bertz CT molecular complexity index is 318. The van der Waals surface area contributed by atoms with Gasteiger partial charge in [0.2, 0.25) is 5.91 Å². The van der Waals surface area contributed by atoms with Crippen molar-refractivity contribution in [2.45, 2.75) is 19.9 Å². The number of amides is 1. The van der Waals surface area contributed by atoms with Crippen LogP contribution in [0.15, 0.2) is 24.5 Å². The first-order chi connectivity index (χ1) is 7.15. The number of nitrogens with zero attached hydrogens (tertiary/aromatic N) is 1. The van der Waals surface area contributed by atoms with Gasteiger partial charge in [-0.05, 0) is 18.6 Å². The summed E-state index contributed by atoms with van der Waals surface area (Å²) < 4.78 is 0. The lowest BCUT2D eigenvalue weighted by Crippen LogP contribution is -2.34. The summed E-state index contributed by atoms with van der Waals surface area (Å²) in [4.78, 5) is 15.5. The third-order valence-corrected chi connectivity index (χ3v) is 2.34. The van der Waals surface area contributed by atoms with E-state index in [1.807, 2.05) is 26.0 Å². The molecule has 2 unspecified atom stereocenters. The van der Waals surface area contributed by atoms with Crippen LogP contribution in [-0.2, 0) is 4.79 Å². The molecule has 1 aromatic heterocycles. The van der Waals surface area contributed by atoms with Gasteiger partial charge in [-0.1, -0.05) is 13.0 Å². The number of carbonyl (C=O) groups is 1. The van der Waals surface area contributed by atoms with Gasteiger partial charge >= 0.3 is 0 Å². The van der Waals surface area contributed by atoms with Gasteiger partial charge in [-0.25, -0.2) is 0 Å². The van der Waals surface area contributed by atoms with Crippen LogP contribution in [0, 0.1) is 5.92 Å². The molecule has 0 aliphatic rings. The van der Waals surface area contributed by atoms with Crippen molar-refractivity contribution in [1.29, 1.82) is 0 Å². The lowest BCUT2D eigenvalue weighted by Gasteiger charge is -2.16. The Morgan fingerprint density at radius 3 is 2.75 bits per heavy atom. The molecule has 0 aromatic carbocycles. The van der Waals surface area contributed by atoms with E-state index in [-0.39, 0.29) is 30.3 Å². The SMILES string of the molecule is CC(CN)C(=O)NC(C)c1cccnc1.Cl. The third kappa shape index (κ3) is 4.16. The number of pyridine rings is 1. The van der Waals surface area contributed by atoms with Gasteiger partial charge in [0.25, 0.3) is 0 Å². The van der Waals surface area contributed by atoms with Crippen LogP contribution in [0.3, 0.4) is 0 Å².